The van der Waals surface area contributed by atoms with E-state index in [0.717, 1.165) is 16.3 Å². The Labute approximate surface area is 224 Å². The van der Waals surface area contributed by atoms with Crippen molar-refractivity contribution in [1.82, 2.24) is 15.3 Å². The first-order valence-electron chi connectivity index (χ1n) is 11.9. The molecule has 0 spiro atoms. The van der Waals surface area contributed by atoms with Crippen LogP contribution in [0.3, 0.4) is 0 Å². The van der Waals surface area contributed by atoms with Crippen molar-refractivity contribution in [3.63, 3.8) is 0 Å². The minimum absolute atomic E-state index is 0.237. The number of carbonyl (C=O) groups excluding carboxylic acids is 3. The third-order valence-electron chi connectivity index (χ3n) is 5.61. The summed E-state index contributed by atoms with van der Waals surface area (Å²) in [5.74, 6) is -0.793. The molecule has 10 nitrogen and oxygen atoms in total. The molecule has 1 aliphatic heterocycles. The third kappa shape index (κ3) is 7.17. The Balaban J connectivity index is 1.36. The van der Waals surface area contributed by atoms with Gasteiger partial charge in [0.25, 0.3) is 5.91 Å². The van der Waals surface area contributed by atoms with Crippen molar-refractivity contribution in [3.05, 3.63) is 83.6 Å². The monoisotopic (exact) mass is 533 g/mol. The molecule has 1 fully saturated rings. The zero-order valence-electron chi connectivity index (χ0n) is 20.8. The van der Waals surface area contributed by atoms with Crippen LogP contribution in [0.4, 0.5) is 5.69 Å². The molecule has 4 rings (SSSR count). The van der Waals surface area contributed by atoms with E-state index in [1.807, 2.05) is 30.3 Å². The van der Waals surface area contributed by atoms with Crippen molar-refractivity contribution in [2.75, 3.05) is 38.7 Å². The molecule has 0 unspecified atom stereocenters. The number of methoxy groups -OCH3 is 1. The topological polar surface area (TPSA) is 122 Å². The lowest BCUT2D eigenvalue weighted by molar-refractivity contribution is -0.136. The molecule has 0 bridgehead atoms. The van der Waals surface area contributed by atoms with E-state index in [1.165, 1.54) is 6.21 Å². The summed E-state index contributed by atoms with van der Waals surface area (Å²) in [5, 5.41) is 7.31. The summed E-state index contributed by atoms with van der Waals surface area (Å²) in [6, 6.07) is 17.8. The number of benzene rings is 2. The van der Waals surface area contributed by atoms with E-state index in [1.54, 1.807) is 60.3 Å². The molecule has 2 aromatic carbocycles. The molecule has 1 aliphatic rings. The number of pyridine rings is 1. The summed E-state index contributed by atoms with van der Waals surface area (Å²) >= 11 is 1.57. The van der Waals surface area contributed by atoms with Gasteiger partial charge in [0.05, 0.1) is 42.8 Å². The highest BCUT2D eigenvalue weighted by Crippen LogP contribution is 2.27. The van der Waals surface area contributed by atoms with Gasteiger partial charge in [-0.3, -0.25) is 14.4 Å². The van der Waals surface area contributed by atoms with E-state index in [2.05, 4.69) is 20.8 Å². The third-order valence-corrected chi connectivity index (χ3v) is 6.60. The summed E-state index contributed by atoms with van der Waals surface area (Å²) in [6.07, 6.45) is 3.18. The number of hydrogen-bond acceptors (Lipinski definition) is 8. The van der Waals surface area contributed by atoms with E-state index < -0.39 is 11.8 Å². The van der Waals surface area contributed by atoms with Crippen LogP contribution in [0.5, 0.6) is 5.75 Å². The fourth-order valence-corrected chi connectivity index (χ4v) is 4.53. The van der Waals surface area contributed by atoms with Crippen molar-refractivity contribution in [2.45, 2.75) is 10.8 Å². The summed E-state index contributed by atoms with van der Waals surface area (Å²) < 4.78 is 10.7. The number of carbonyl (C=O) groups is 3. The predicted molar refractivity (Wildman–Crippen MR) is 144 cm³/mol. The van der Waals surface area contributed by atoms with Gasteiger partial charge < -0.3 is 19.7 Å². The van der Waals surface area contributed by atoms with Crippen LogP contribution in [0.2, 0.25) is 0 Å². The number of aromatic nitrogens is 1. The molecular formula is C27H27N5O5S. The Morgan fingerprint density at radius 3 is 2.63 bits per heavy atom. The molecule has 0 saturated carbocycles. The van der Waals surface area contributed by atoms with Crippen molar-refractivity contribution in [3.8, 4) is 5.75 Å². The van der Waals surface area contributed by atoms with Gasteiger partial charge in [0.15, 0.2) is 0 Å². The number of hydrazone groups is 1. The fraction of sp³-hybridized carbons (Fsp3) is 0.222. The molecule has 2 heterocycles. The normalized spacial score (nSPS) is 13.2. The lowest BCUT2D eigenvalue weighted by Gasteiger charge is -2.27. The van der Waals surface area contributed by atoms with Crippen molar-refractivity contribution in [2.24, 2.45) is 5.10 Å². The van der Waals surface area contributed by atoms with Gasteiger partial charge in [0.1, 0.15) is 5.75 Å². The van der Waals surface area contributed by atoms with E-state index in [0.29, 0.717) is 43.2 Å². The minimum Gasteiger partial charge on any atom is -0.496 e. The average Bonchev–Trinajstić information content (AvgIpc) is 2.97. The maximum Gasteiger partial charge on any atom is 0.329 e. The number of rotatable bonds is 8. The smallest absolute Gasteiger partial charge is 0.329 e. The van der Waals surface area contributed by atoms with Gasteiger partial charge in [0.2, 0.25) is 0 Å². The number of anilines is 1. The number of amides is 3. The van der Waals surface area contributed by atoms with Crippen LogP contribution in [0, 0.1) is 0 Å². The van der Waals surface area contributed by atoms with Crippen LogP contribution in [0.1, 0.15) is 21.5 Å². The first-order valence-corrected chi connectivity index (χ1v) is 12.8. The molecule has 0 aliphatic carbocycles. The highest BCUT2D eigenvalue weighted by Gasteiger charge is 2.23. The lowest BCUT2D eigenvalue weighted by Crippen LogP contribution is -2.41. The number of para-hydroxylation sites is 1. The minimum atomic E-state index is -0.964. The fourth-order valence-electron chi connectivity index (χ4n) is 3.69. The summed E-state index contributed by atoms with van der Waals surface area (Å²) in [5.41, 5.74) is 4.42. The first kappa shape index (κ1) is 26.8. The molecule has 38 heavy (non-hydrogen) atoms. The molecule has 0 atom stereocenters. The molecule has 2 N–H and O–H groups in total. The van der Waals surface area contributed by atoms with Crippen LogP contribution >= 0.6 is 11.8 Å². The first-order chi connectivity index (χ1) is 18.5. The molecule has 1 aromatic heterocycles. The number of nitrogens with zero attached hydrogens (tertiary/aromatic N) is 3. The maximum absolute atomic E-state index is 12.9. The summed E-state index contributed by atoms with van der Waals surface area (Å²) in [6.45, 7) is 1.84. The molecule has 196 valence electrons. The lowest BCUT2D eigenvalue weighted by atomic mass is 10.1. The molecule has 3 aromatic rings. The second kappa shape index (κ2) is 13.4. The highest BCUT2D eigenvalue weighted by molar-refractivity contribution is 7.98. The Morgan fingerprint density at radius 1 is 1.08 bits per heavy atom. The Bertz CT molecular complexity index is 1310. The van der Waals surface area contributed by atoms with Crippen LogP contribution in [0.25, 0.3) is 0 Å². The SMILES string of the molecule is COc1ccc(/C=N\NC(=O)C(=O)Nc2ccccc2C(=O)N2CCOCC2)cc1CSc1ccccn1. The van der Waals surface area contributed by atoms with Gasteiger partial charge in [0, 0.05) is 30.6 Å². The zero-order chi connectivity index (χ0) is 26.7. The van der Waals surface area contributed by atoms with E-state index in [9.17, 15) is 14.4 Å². The van der Waals surface area contributed by atoms with Crippen molar-refractivity contribution in [1.29, 1.82) is 0 Å². The molecule has 1 saturated heterocycles. The number of ether oxygens (including phenoxy) is 2. The van der Waals surface area contributed by atoms with Gasteiger partial charge in [-0.1, -0.05) is 18.2 Å². The number of nitrogens with one attached hydrogen (secondary N) is 2. The zero-order valence-corrected chi connectivity index (χ0v) is 21.6. The van der Waals surface area contributed by atoms with Crippen LogP contribution < -0.4 is 15.5 Å². The van der Waals surface area contributed by atoms with Gasteiger partial charge in [-0.05, 0) is 48.0 Å². The molecule has 11 heteroatoms. The predicted octanol–water partition coefficient (Wildman–Crippen LogP) is 2.94. The quantitative estimate of drug-likeness (QED) is 0.198. The number of hydrogen-bond donors (Lipinski definition) is 2. The Hall–Kier alpha value is -4.22. The van der Waals surface area contributed by atoms with Crippen molar-refractivity contribution < 1.29 is 23.9 Å². The Morgan fingerprint density at radius 2 is 1.87 bits per heavy atom. The Kier molecular flexibility index (Phi) is 9.43. The second-order valence-electron chi connectivity index (χ2n) is 8.13. The van der Waals surface area contributed by atoms with Gasteiger partial charge in [-0.25, -0.2) is 10.4 Å². The second-order valence-corrected chi connectivity index (χ2v) is 9.13. The van der Waals surface area contributed by atoms with E-state index in [4.69, 9.17) is 9.47 Å². The molecule has 0 radical (unpaired) electrons. The summed E-state index contributed by atoms with van der Waals surface area (Å²) in [7, 11) is 1.60. The van der Waals surface area contributed by atoms with Crippen LogP contribution in [-0.4, -0.2) is 67.2 Å². The molecular weight excluding hydrogens is 506 g/mol. The highest BCUT2D eigenvalue weighted by atomic mass is 32.2. The maximum atomic E-state index is 12.9. The van der Waals surface area contributed by atoms with E-state index in [-0.39, 0.29) is 11.6 Å². The standard InChI is InChI=1S/C27H27N5O5S/c1-36-23-10-9-19(16-20(23)18-38-24-8-4-5-11-28-24)17-29-31-26(34)25(33)30-22-7-3-2-6-21(22)27(35)32-12-14-37-15-13-32/h2-11,16-17H,12-15,18H2,1H3,(H,30,33)(H,31,34)/b29-17-. The van der Waals surface area contributed by atoms with Gasteiger partial charge >= 0.3 is 11.8 Å². The van der Waals surface area contributed by atoms with Crippen molar-refractivity contribution >= 4 is 41.4 Å². The van der Waals surface area contributed by atoms with E-state index >= 15 is 0 Å². The largest absolute Gasteiger partial charge is 0.496 e. The average molecular weight is 534 g/mol. The molecule has 3 amide bonds. The van der Waals surface area contributed by atoms with Gasteiger partial charge in [-0.2, -0.15) is 5.10 Å². The van der Waals surface area contributed by atoms with Gasteiger partial charge in [-0.15, -0.1) is 11.8 Å². The number of morpholine rings is 1. The van der Waals surface area contributed by atoms with Crippen LogP contribution in [0.15, 0.2) is 77.0 Å². The van der Waals surface area contributed by atoms with Crippen LogP contribution in [-0.2, 0) is 20.1 Å². The summed E-state index contributed by atoms with van der Waals surface area (Å²) in [4.78, 5) is 43.7. The number of thioether (sulfide) groups is 1.